The first kappa shape index (κ1) is 42.3. The van der Waals surface area contributed by atoms with Gasteiger partial charge < -0.3 is 14.7 Å². The van der Waals surface area contributed by atoms with Gasteiger partial charge in [0.15, 0.2) is 0 Å². The summed E-state index contributed by atoms with van der Waals surface area (Å²) in [7, 11) is 0. The van der Waals surface area contributed by atoms with E-state index in [4.69, 9.17) is 0 Å². The van der Waals surface area contributed by atoms with Crippen LogP contribution in [-0.2, 0) is 10.8 Å². The summed E-state index contributed by atoms with van der Waals surface area (Å²) in [5, 5.41) is 0. The van der Waals surface area contributed by atoms with E-state index in [2.05, 4.69) is 269 Å². The second-order valence-corrected chi connectivity index (χ2v) is 20.7. The summed E-state index contributed by atoms with van der Waals surface area (Å²) in [5.41, 5.74) is 22.0. The van der Waals surface area contributed by atoms with Gasteiger partial charge in [0.25, 0.3) is 6.71 Å². The van der Waals surface area contributed by atoms with E-state index in [0.29, 0.717) is 5.92 Å². The maximum Gasteiger partial charge on any atom is 0.251 e. The van der Waals surface area contributed by atoms with Gasteiger partial charge in [0.2, 0.25) is 0 Å². The zero-order chi connectivity index (χ0) is 46.0. The molecule has 11 rings (SSSR count). The van der Waals surface area contributed by atoms with Gasteiger partial charge in [-0.05, 0) is 116 Å². The molecule has 0 amide bonds. The minimum absolute atomic E-state index is 0.0193. The molecule has 1 aliphatic carbocycles. The van der Waals surface area contributed by atoms with Gasteiger partial charge in [-0.25, -0.2) is 0 Å². The molecule has 2 heterocycles. The molecule has 8 aromatic rings. The first-order valence-corrected chi connectivity index (χ1v) is 24.0. The molecule has 0 saturated carbocycles. The molecule has 1 unspecified atom stereocenters. The Labute approximate surface area is 398 Å². The van der Waals surface area contributed by atoms with Crippen molar-refractivity contribution >= 4 is 63.1 Å². The molecule has 4 heteroatoms. The molecular formula is C63H58BN3. The highest BCUT2D eigenvalue weighted by molar-refractivity contribution is 6.96. The molecular weight excluding hydrogens is 810 g/mol. The number of para-hydroxylation sites is 3. The van der Waals surface area contributed by atoms with Crippen LogP contribution in [0.1, 0.15) is 66.0 Å². The van der Waals surface area contributed by atoms with Gasteiger partial charge in [0.1, 0.15) is 0 Å². The zero-order valence-corrected chi connectivity index (χ0v) is 39.8. The molecule has 2 aliphatic heterocycles. The van der Waals surface area contributed by atoms with Crippen LogP contribution in [0.4, 0.5) is 45.5 Å². The van der Waals surface area contributed by atoms with Gasteiger partial charge in [0.05, 0.1) is 17.1 Å². The van der Waals surface area contributed by atoms with Crippen LogP contribution in [0.25, 0.3) is 22.3 Å². The predicted octanol–water partition coefficient (Wildman–Crippen LogP) is 16.0. The van der Waals surface area contributed by atoms with E-state index in [0.717, 1.165) is 29.2 Å². The Hall–Kier alpha value is -7.30. The molecule has 0 spiro atoms. The van der Waals surface area contributed by atoms with Crippen LogP contribution >= 0.6 is 0 Å². The molecule has 0 saturated heterocycles. The lowest BCUT2D eigenvalue weighted by atomic mass is 9.32. The molecule has 328 valence electrons. The Morgan fingerprint density at radius 1 is 0.463 bits per heavy atom. The van der Waals surface area contributed by atoms with Crippen molar-refractivity contribution in [3.05, 3.63) is 229 Å². The first-order valence-electron chi connectivity index (χ1n) is 24.0. The van der Waals surface area contributed by atoms with Crippen LogP contribution in [0, 0.1) is 5.92 Å². The van der Waals surface area contributed by atoms with Crippen molar-refractivity contribution < 1.29 is 0 Å². The monoisotopic (exact) mass is 867 g/mol. The SMILES string of the molecule is CC1C=C2C(=CC1)B1c3ccccc3N(c3ccccc3-c3ccccc3)c3cc(N(c4ccc(C(C)(C)C)cc4)c4ccc(C(C)(C)C)cc4)cc(c31)N2c1ccccc1-c1ccccc1. The van der Waals surface area contributed by atoms with Crippen molar-refractivity contribution in [1.29, 1.82) is 0 Å². The second kappa shape index (κ2) is 16.5. The zero-order valence-electron chi connectivity index (χ0n) is 39.8. The summed E-state index contributed by atoms with van der Waals surface area (Å²) in [4.78, 5) is 7.67. The molecule has 3 aliphatic rings. The van der Waals surface area contributed by atoms with Crippen molar-refractivity contribution in [2.75, 3.05) is 14.7 Å². The van der Waals surface area contributed by atoms with Crippen molar-refractivity contribution in [3.63, 3.8) is 0 Å². The van der Waals surface area contributed by atoms with E-state index in [9.17, 15) is 0 Å². The lowest BCUT2D eigenvalue weighted by Crippen LogP contribution is -2.57. The van der Waals surface area contributed by atoms with Crippen LogP contribution in [-0.4, -0.2) is 6.71 Å². The van der Waals surface area contributed by atoms with Gasteiger partial charge in [-0.1, -0.05) is 200 Å². The van der Waals surface area contributed by atoms with E-state index in [1.807, 2.05) is 0 Å². The van der Waals surface area contributed by atoms with E-state index < -0.39 is 0 Å². The average molecular weight is 868 g/mol. The number of hydrogen-bond donors (Lipinski definition) is 0. The highest BCUT2D eigenvalue weighted by Gasteiger charge is 2.46. The number of fused-ring (bicyclic) bond motifs is 4. The fourth-order valence-corrected chi connectivity index (χ4v) is 10.6. The molecule has 1 atom stereocenters. The predicted molar refractivity (Wildman–Crippen MR) is 288 cm³/mol. The van der Waals surface area contributed by atoms with Gasteiger partial charge >= 0.3 is 0 Å². The molecule has 0 fully saturated rings. The van der Waals surface area contributed by atoms with Gasteiger partial charge in [0, 0.05) is 45.3 Å². The lowest BCUT2D eigenvalue weighted by molar-refractivity contribution is 0.590. The number of benzene rings is 8. The fourth-order valence-electron chi connectivity index (χ4n) is 10.6. The van der Waals surface area contributed by atoms with Crippen LogP contribution < -0.4 is 25.6 Å². The van der Waals surface area contributed by atoms with Crippen molar-refractivity contribution in [3.8, 4) is 22.3 Å². The Balaban J connectivity index is 1.26. The highest BCUT2D eigenvalue weighted by atomic mass is 15.2. The molecule has 67 heavy (non-hydrogen) atoms. The minimum Gasteiger partial charge on any atom is -0.311 e. The molecule has 3 nitrogen and oxygen atoms in total. The number of rotatable bonds is 7. The smallest absolute Gasteiger partial charge is 0.251 e. The standard InChI is InChI=1S/C63H58BN3/c1-43-30-39-54-58(40-43)67(56-28-18-15-25-52(56)45-22-12-9-13-23-45)60-42-50(65(48-35-31-46(32-36-48)62(2,3)4)49-37-33-47(34-38-49)63(5,6)7)41-59-61(60)64(54)53-26-16-19-29-57(53)66(59)55-27-17-14-24-51(55)44-20-10-8-11-21-44/h8-29,31-43H,30H2,1-7H3. The van der Waals surface area contributed by atoms with E-state index in [1.165, 1.54) is 78.2 Å². The Morgan fingerprint density at radius 2 is 0.910 bits per heavy atom. The molecule has 8 aromatic carbocycles. The average Bonchev–Trinajstić information content (AvgIpc) is 3.34. The summed E-state index contributed by atoms with van der Waals surface area (Å²) in [5.74, 6) is 0.376. The van der Waals surface area contributed by atoms with Gasteiger partial charge in [-0.15, -0.1) is 0 Å². The molecule has 0 N–H and O–H groups in total. The van der Waals surface area contributed by atoms with Crippen molar-refractivity contribution in [1.82, 2.24) is 0 Å². The lowest BCUT2D eigenvalue weighted by Gasteiger charge is -2.47. The Morgan fingerprint density at radius 3 is 1.43 bits per heavy atom. The number of allylic oxidation sites excluding steroid dienone is 3. The summed E-state index contributed by atoms with van der Waals surface area (Å²) in [6, 6.07) is 72.4. The summed E-state index contributed by atoms with van der Waals surface area (Å²) in [6.07, 6.45) is 6.09. The van der Waals surface area contributed by atoms with Crippen LogP contribution in [0.3, 0.4) is 0 Å². The van der Waals surface area contributed by atoms with E-state index in [1.54, 1.807) is 0 Å². The third-order valence-corrected chi connectivity index (χ3v) is 14.1. The van der Waals surface area contributed by atoms with Gasteiger partial charge in [-0.3, -0.25) is 0 Å². The molecule has 0 aromatic heterocycles. The van der Waals surface area contributed by atoms with Crippen molar-refractivity contribution in [2.45, 2.75) is 65.7 Å². The highest BCUT2D eigenvalue weighted by Crippen LogP contribution is 2.52. The summed E-state index contributed by atoms with van der Waals surface area (Å²) >= 11 is 0. The van der Waals surface area contributed by atoms with E-state index in [-0.39, 0.29) is 17.5 Å². The van der Waals surface area contributed by atoms with Crippen molar-refractivity contribution in [2.24, 2.45) is 5.92 Å². The molecule has 0 bridgehead atoms. The largest absolute Gasteiger partial charge is 0.311 e. The quantitative estimate of drug-likeness (QED) is 0.148. The Kier molecular flexibility index (Phi) is 10.5. The maximum atomic E-state index is 2.61. The van der Waals surface area contributed by atoms with Crippen LogP contribution in [0.15, 0.2) is 217 Å². The third kappa shape index (κ3) is 7.49. The van der Waals surface area contributed by atoms with Gasteiger partial charge in [-0.2, -0.15) is 0 Å². The number of nitrogens with zero attached hydrogens (tertiary/aromatic N) is 3. The number of hydrogen-bond acceptors (Lipinski definition) is 3. The topological polar surface area (TPSA) is 9.72 Å². The fraction of sp³-hybridized carbons (Fsp3) is 0.175. The molecule has 0 radical (unpaired) electrons. The summed E-state index contributed by atoms with van der Waals surface area (Å²) in [6.45, 7) is 16.1. The first-order chi connectivity index (χ1) is 32.4. The normalized spacial score (nSPS) is 15.3. The van der Waals surface area contributed by atoms with Crippen LogP contribution in [0.5, 0.6) is 0 Å². The van der Waals surface area contributed by atoms with Crippen LogP contribution in [0.2, 0.25) is 0 Å². The summed E-state index contributed by atoms with van der Waals surface area (Å²) < 4.78 is 0. The third-order valence-electron chi connectivity index (χ3n) is 14.1. The minimum atomic E-state index is 0.0193. The Bertz CT molecular complexity index is 3130. The second-order valence-electron chi connectivity index (χ2n) is 20.7. The van der Waals surface area contributed by atoms with E-state index >= 15 is 0 Å². The maximum absolute atomic E-state index is 2.61. The number of anilines is 8.